The van der Waals surface area contributed by atoms with Crippen LogP contribution in [0.25, 0.3) is 22.2 Å². The van der Waals surface area contributed by atoms with Crippen molar-refractivity contribution in [3.8, 4) is 17.0 Å². The zero-order chi connectivity index (χ0) is 17.9. The van der Waals surface area contributed by atoms with Crippen LogP contribution in [0.5, 0.6) is 5.75 Å². The Morgan fingerprint density at radius 3 is 2.62 bits per heavy atom. The molecule has 2 heterocycles. The summed E-state index contributed by atoms with van der Waals surface area (Å²) in [5.41, 5.74) is 10.7. The van der Waals surface area contributed by atoms with Crippen LogP contribution >= 0.6 is 0 Å². The maximum Gasteiger partial charge on any atom is 0.145 e. The zero-order valence-corrected chi connectivity index (χ0v) is 14.4. The first kappa shape index (κ1) is 16.0. The topological polar surface area (TPSA) is 73.9 Å². The third-order valence-corrected chi connectivity index (χ3v) is 4.33. The van der Waals surface area contributed by atoms with Crippen LogP contribution in [0.2, 0.25) is 0 Å². The molecule has 128 valence electrons. The number of hydrogen-bond acceptors (Lipinski definition) is 5. The molecule has 0 aliphatic carbocycles. The zero-order valence-electron chi connectivity index (χ0n) is 14.4. The smallest absolute Gasteiger partial charge is 0.145 e. The highest BCUT2D eigenvalue weighted by Gasteiger charge is 2.10. The van der Waals surface area contributed by atoms with Gasteiger partial charge in [-0.05, 0) is 29.8 Å². The van der Waals surface area contributed by atoms with Gasteiger partial charge in [0.05, 0.1) is 30.2 Å². The van der Waals surface area contributed by atoms with Crippen molar-refractivity contribution in [3.05, 3.63) is 78.2 Å². The van der Waals surface area contributed by atoms with Crippen LogP contribution in [0.15, 0.2) is 67.0 Å². The summed E-state index contributed by atoms with van der Waals surface area (Å²) in [6.07, 6.45) is 4.12. The second-order valence-corrected chi connectivity index (χ2v) is 5.99. The number of aromatic nitrogens is 3. The van der Waals surface area contributed by atoms with Gasteiger partial charge in [0, 0.05) is 23.6 Å². The second kappa shape index (κ2) is 6.80. The summed E-state index contributed by atoms with van der Waals surface area (Å²) in [5, 5.41) is 1.05. The third kappa shape index (κ3) is 3.07. The van der Waals surface area contributed by atoms with Gasteiger partial charge in [-0.25, -0.2) is 9.97 Å². The highest BCUT2D eigenvalue weighted by Crippen LogP contribution is 2.27. The maximum atomic E-state index is 6.07. The van der Waals surface area contributed by atoms with Gasteiger partial charge in [0.2, 0.25) is 0 Å². The molecule has 0 amide bonds. The van der Waals surface area contributed by atoms with Crippen LogP contribution in [0.3, 0.4) is 0 Å². The van der Waals surface area contributed by atoms with Gasteiger partial charge in [0.1, 0.15) is 11.6 Å². The monoisotopic (exact) mass is 342 g/mol. The molecule has 0 unspecified atom stereocenters. The summed E-state index contributed by atoms with van der Waals surface area (Å²) in [6.45, 7) is 0. The molecular formula is C21H18N4O. The van der Waals surface area contributed by atoms with Gasteiger partial charge >= 0.3 is 0 Å². The van der Waals surface area contributed by atoms with E-state index in [9.17, 15) is 0 Å². The molecule has 26 heavy (non-hydrogen) atoms. The predicted octanol–water partition coefficient (Wildman–Crippen LogP) is 3.87. The third-order valence-electron chi connectivity index (χ3n) is 4.33. The Hall–Kier alpha value is -3.47. The maximum absolute atomic E-state index is 6.07. The minimum atomic E-state index is 0.447. The fourth-order valence-corrected chi connectivity index (χ4v) is 2.96. The molecule has 2 N–H and O–H groups in total. The molecule has 2 aromatic heterocycles. The molecular weight excluding hydrogens is 324 g/mol. The fourth-order valence-electron chi connectivity index (χ4n) is 2.96. The van der Waals surface area contributed by atoms with Crippen molar-refractivity contribution in [3.63, 3.8) is 0 Å². The molecule has 0 spiro atoms. The van der Waals surface area contributed by atoms with Crippen molar-refractivity contribution in [2.45, 2.75) is 6.42 Å². The number of nitrogens with two attached hydrogens (primary N) is 1. The number of benzene rings is 2. The number of hydrogen-bond donors (Lipinski definition) is 1. The van der Waals surface area contributed by atoms with Gasteiger partial charge < -0.3 is 10.5 Å². The van der Waals surface area contributed by atoms with Crippen LogP contribution in [0.1, 0.15) is 11.3 Å². The van der Waals surface area contributed by atoms with E-state index >= 15 is 0 Å². The lowest BCUT2D eigenvalue weighted by atomic mass is 10.0. The number of anilines is 1. The van der Waals surface area contributed by atoms with E-state index in [1.165, 1.54) is 0 Å². The average Bonchev–Trinajstić information content (AvgIpc) is 2.70. The number of nitrogen functional groups attached to an aromatic ring is 1. The van der Waals surface area contributed by atoms with Gasteiger partial charge in [-0.15, -0.1) is 0 Å². The molecule has 0 fully saturated rings. The van der Waals surface area contributed by atoms with Gasteiger partial charge in [-0.1, -0.05) is 30.3 Å². The van der Waals surface area contributed by atoms with Crippen LogP contribution in [-0.4, -0.2) is 22.1 Å². The Labute approximate surface area is 151 Å². The van der Waals surface area contributed by atoms with Gasteiger partial charge in [-0.3, -0.25) is 4.98 Å². The van der Waals surface area contributed by atoms with Crippen molar-refractivity contribution in [1.29, 1.82) is 0 Å². The lowest BCUT2D eigenvalue weighted by Gasteiger charge is -2.10. The minimum Gasteiger partial charge on any atom is -0.497 e. The van der Waals surface area contributed by atoms with E-state index in [0.29, 0.717) is 12.2 Å². The lowest BCUT2D eigenvalue weighted by molar-refractivity contribution is 0.414. The molecule has 5 heteroatoms. The number of pyridine rings is 1. The number of rotatable bonds is 4. The van der Waals surface area contributed by atoms with Gasteiger partial charge in [0.15, 0.2) is 0 Å². The van der Waals surface area contributed by atoms with Crippen LogP contribution in [0, 0.1) is 0 Å². The number of nitrogens with zero attached hydrogens (tertiary/aromatic N) is 3. The van der Waals surface area contributed by atoms with Crippen LogP contribution in [0.4, 0.5) is 5.82 Å². The van der Waals surface area contributed by atoms with E-state index in [0.717, 1.165) is 39.2 Å². The van der Waals surface area contributed by atoms with E-state index in [4.69, 9.17) is 15.5 Å². The van der Waals surface area contributed by atoms with Crippen molar-refractivity contribution in [1.82, 2.24) is 15.0 Å². The molecule has 0 saturated heterocycles. The van der Waals surface area contributed by atoms with Crippen molar-refractivity contribution < 1.29 is 4.74 Å². The molecule has 0 saturated carbocycles. The largest absolute Gasteiger partial charge is 0.497 e. The molecule has 0 bridgehead atoms. The molecule has 0 aliphatic heterocycles. The normalized spacial score (nSPS) is 10.8. The van der Waals surface area contributed by atoms with E-state index in [1.807, 2.05) is 54.6 Å². The summed E-state index contributed by atoms with van der Waals surface area (Å²) in [4.78, 5) is 13.6. The fraction of sp³-hybridized carbons (Fsp3) is 0.0952. The first-order valence-corrected chi connectivity index (χ1v) is 8.33. The van der Waals surface area contributed by atoms with Crippen LogP contribution < -0.4 is 10.5 Å². The Bertz CT molecular complexity index is 1060. The number of fused-ring (bicyclic) bond motifs is 1. The molecule has 5 nitrogen and oxygen atoms in total. The highest BCUT2D eigenvalue weighted by molar-refractivity contribution is 5.93. The first-order chi connectivity index (χ1) is 12.7. The second-order valence-electron chi connectivity index (χ2n) is 5.99. The first-order valence-electron chi connectivity index (χ1n) is 8.33. The predicted molar refractivity (Wildman–Crippen MR) is 103 cm³/mol. The number of methoxy groups -OCH3 is 1. The van der Waals surface area contributed by atoms with Gasteiger partial charge in [0.25, 0.3) is 0 Å². The van der Waals surface area contributed by atoms with E-state index in [1.54, 1.807) is 19.5 Å². The summed E-state index contributed by atoms with van der Waals surface area (Å²) in [7, 11) is 1.65. The molecule has 4 aromatic rings. The Balaban J connectivity index is 1.73. The summed E-state index contributed by atoms with van der Waals surface area (Å²) < 4.78 is 5.20. The summed E-state index contributed by atoms with van der Waals surface area (Å²) in [5.74, 6) is 1.27. The SMILES string of the molecule is COc1ccc(Cc2nc(-c3cccc4ncccc34)cnc2N)cc1. The number of ether oxygens (including phenoxy) is 1. The summed E-state index contributed by atoms with van der Waals surface area (Å²) in [6, 6.07) is 17.8. The standard InChI is InChI=1S/C21H18N4O/c1-26-15-9-7-14(8-10-15)12-19-21(22)24-13-20(25-19)17-4-2-6-18-16(17)5-3-11-23-18/h2-11,13H,12H2,1H3,(H2,22,24). The van der Waals surface area contributed by atoms with Crippen molar-refractivity contribution >= 4 is 16.7 Å². The summed E-state index contributed by atoms with van der Waals surface area (Å²) >= 11 is 0. The molecule has 0 radical (unpaired) electrons. The Morgan fingerprint density at radius 1 is 0.962 bits per heavy atom. The van der Waals surface area contributed by atoms with Crippen LogP contribution in [-0.2, 0) is 6.42 Å². The van der Waals surface area contributed by atoms with Crippen molar-refractivity contribution in [2.75, 3.05) is 12.8 Å². The highest BCUT2D eigenvalue weighted by atomic mass is 16.5. The molecule has 2 aromatic carbocycles. The molecule has 0 aliphatic rings. The molecule has 0 atom stereocenters. The van der Waals surface area contributed by atoms with Gasteiger partial charge in [-0.2, -0.15) is 0 Å². The van der Waals surface area contributed by atoms with E-state index in [2.05, 4.69) is 9.97 Å². The average molecular weight is 342 g/mol. The van der Waals surface area contributed by atoms with E-state index < -0.39 is 0 Å². The quantitative estimate of drug-likeness (QED) is 0.609. The molecule has 4 rings (SSSR count). The lowest BCUT2D eigenvalue weighted by Crippen LogP contribution is -2.03. The minimum absolute atomic E-state index is 0.447. The van der Waals surface area contributed by atoms with E-state index in [-0.39, 0.29) is 0 Å². The van der Waals surface area contributed by atoms with Crippen molar-refractivity contribution in [2.24, 2.45) is 0 Å². The Morgan fingerprint density at radius 2 is 1.81 bits per heavy atom. The Kier molecular flexibility index (Phi) is 4.19.